The van der Waals surface area contributed by atoms with E-state index in [9.17, 15) is 9.18 Å². The Hall–Kier alpha value is -1.84. The topological polar surface area (TPSA) is 40.5 Å². The first-order valence-electron chi connectivity index (χ1n) is 7.08. The second kappa shape index (κ2) is 6.55. The van der Waals surface area contributed by atoms with Crippen molar-refractivity contribution in [2.24, 2.45) is 0 Å². The molecule has 4 heteroatoms. The lowest BCUT2D eigenvalue weighted by Gasteiger charge is -2.30. The number of hydrogen-bond acceptors (Lipinski definition) is 2. The van der Waals surface area contributed by atoms with Crippen molar-refractivity contribution in [3.8, 4) is 0 Å². The molecule has 0 heterocycles. The van der Waals surface area contributed by atoms with Crippen LogP contribution in [0.4, 0.5) is 10.1 Å². The Morgan fingerprint density at radius 1 is 1.40 bits per heavy atom. The van der Waals surface area contributed by atoms with Gasteiger partial charge in [0.2, 0.25) is 0 Å². The van der Waals surface area contributed by atoms with Crippen molar-refractivity contribution < 1.29 is 14.3 Å². The zero-order valence-corrected chi connectivity index (χ0v) is 11.7. The van der Waals surface area contributed by atoms with Crippen LogP contribution in [0, 0.1) is 5.82 Å². The first-order chi connectivity index (χ1) is 9.60. The van der Waals surface area contributed by atoms with Crippen molar-refractivity contribution in [1.29, 1.82) is 0 Å². The second-order valence-corrected chi connectivity index (χ2v) is 5.14. The van der Waals surface area contributed by atoms with Gasteiger partial charge in [0.1, 0.15) is 5.82 Å². The highest BCUT2D eigenvalue weighted by Gasteiger charge is 2.22. The summed E-state index contributed by atoms with van der Waals surface area (Å²) in [5.74, 6) is -1.36. The molecular weight excluding hydrogens is 257 g/mol. The van der Waals surface area contributed by atoms with Gasteiger partial charge in [-0.3, -0.25) is 0 Å². The molecule has 0 aromatic heterocycles. The summed E-state index contributed by atoms with van der Waals surface area (Å²) in [6.07, 6.45) is 7.20. The molecular formula is C16H20FNO2. The molecule has 0 atom stereocenters. The molecule has 0 spiro atoms. The summed E-state index contributed by atoms with van der Waals surface area (Å²) in [6.45, 7) is 2.90. The van der Waals surface area contributed by atoms with E-state index < -0.39 is 5.97 Å². The van der Waals surface area contributed by atoms with Crippen molar-refractivity contribution in [2.45, 2.75) is 38.6 Å². The summed E-state index contributed by atoms with van der Waals surface area (Å²) in [4.78, 5) is 12.8. The molecule has 1 N–H and O–H groups in total. The van der Waals surface area contributed by atoms with Gasteiger partial charge in [-0.05, 0) is 49.6 Å². The molecule has 0 saturated heterocycles. The quantitative estimate of drug-likeness (QED) is 0.834. The average molecular weight is 277 g/mol. The van der Waals surface area contributed by atoms with Crippen LogP contribution >= 0.6 is 0 Å². The van der Waals surface area contributed by atoms with E-state index in [1.54, 1.807) is 0 Å². The summed E-state index contributed by atoms with van der Waals surface area (Å²) < 4.78 is 13.7. The fraction of sp³-hybridized carbons (Fsp3) is 0.438. The monoisotopic (exact) mass is 277 g/mol. The predicted molar refractivity (Wildman–Crippen MR) is 78.3 cm³/mol. The molecule has 0 aliphatic heterocycles. The molecule has 1 aliphatic rings. The van der Waals surface area contributed by atoms with E-state index in [1.807, 2.05) is 6.07 Å². The van der Waals surface area contributed by atoms with Crippen LogP contribution in [0.2, 0.25) is 0 Å². The first-order valence-corrected chi connectivity index (χ1v) is 7.08. The highest BCUT2D eigenvalue weighted by Crippen LogP contribution is 2.29. The summed E-state index contributed by atoms with van der Waals surface area (Å²) in [5, 5.41) is 8.65. The number of benzene rings is 1. The number of hydrogen-bond donors (Lipinski definition) is 1. The molecule has 0 radical (unpaired) electrons. The minimum atomic E-state index is -1.03. The highest BCUT2D eigenvalue weighted by atomic mass is 19.1. The van der Waals surface area contributed by atoms with Crippen LogP contribution in [0.25, 0.3) is 6.08 Å². The van der Waals surface area contributed by atoms with Crippen molar-refractivity contribution in [2.75, 3.05) is 11.4 Å². The zero-order valence-electron chi connectivity index (χ0n) is 11.7. The fourth-order valence-electron chi connectivity index (χ4n) is 2.89. The summed E-state index contributed by atoms with van der Waals surface area (Å²) in [7, 11) is 0. The van der Waals surface area contributed by atoms with E-state index in [4.69, 9.17) is 5.11 Å². The predicted octanol–water partition coefficient (Wildman–Crippen LogP) is 3.69. The maximum absolute atomic E-state index is 13.7. The molecule has 0 bridgehead atoms. The van der Waals surface area contributed by atoms with Gasteiger partial charge in [0.25, 0.3) is 0 Å². The molecule has 20 heavy (non-hydrogen) atoms. The fourth-order valence-corrected chi connectivity index (χ4v) is 2.89. The SMILES string of the molecule is CCN(c1cc(F)cc(/C=C/C(=O)O)c1)C1CCCC1. The van der Waals surface area contributed by atoms with Gasteiger partial charge >= 0.3 is 5.97 Å². The highest BCUT2D eigenvalue weighted by molar-refractivity contribution is 5.85. The number of carboxylic acids is 1. The third kappa shape index (κ3) is 3.59. The number of rotatable bonds is 5. The Kier molecular flexibility index (Phi) is 4.77. The van der Waals surface area contributed by atoms with Gasteiger partial charge in [0.05, 0.1) is 0 Å². The third-order valence-corrected chi connectivity index (χ3v) is 3.76. The smallest absolute Gasteiger partial charge is 0.328 e. The molecule has 108 valence electrons. The molecule has 2 rings (SSSR count). The van der Waals surface area contributed by atoms with Crippen LogP contribution in [0.5, 0.6) is 0 Å². The van der Waals surface area contributed by atoms with Gasteiger partial charge in [0, 0.05) is 24.4 Å². The van der Waals surface area contributed by atoms with E-state index in [0.29, 0.717) is 11.6 Å². The molecule has 3 nitrogen and oxygen atoms in total. The van der Waals surface area contributed by atoms with Gasteiger partial charge in [-0.1, -0.05) is 12.8 Å². The minimum Gasteiger partial charge on any atom is -0.478 e. The van der Waals surface area contributed by atoms with Crippen LogP contribution in [0.1, 0.15) is 38.2 Å². The lowest BCUT2D eigenvalue weighted by molar-refractivity contribution is -0.131. The van der Waals surface area contributed by atoms with E-state index in [2.05, 4.69) is 11.8 Å². The molecule has 1 aromatic carbocycles. The van der Waals surface area contributed by atoms with Crippen molar-refractivity contribution in [3.05, 3.63) is 35.7 Å². The van der Waals surface area contributed by atoms with E-state index in [1.165, 1.54) is 31.1 Å². The van der Waals surface area contributed by atoms with Gasteiger partial charge in [-0.25, -0.2) is 9.18 Å². The van der Waals surface area contributed by atoms with Crippen molar-refractivity contribution in [3.63, 3.8) is 0 Å². The Morgan fingerprint density at radius 3 is 2.70 bits per heavy atom. The number of aliphatic carboxylic acids is 1. The lowest BCUT2D eigenvalue weighted by Crippen LogP contribution is -2.33. The van der Waals surface area contributed by atoms with Crippen LogP contribution in [-0.4, -0.2) is 23.7 Å². The standard InChI is InChI=1S/C16H20FNO2/c1-2-18(14-5-3-4-6-14)15-10-12(7-8-16(19)20)9-13(17)11-15/h7-11,14H,2-6H2,1H3,(H,19,20)/b8-7+. The van der Waals surface area contributed by atoms with Gasteiger partial charge in [-0.2, -0.15) is 0 Å². The zero-order chi connectivity index (χ0) is 14.5. The molecule has 1 fully saturated rings. The molecule has 1 aromatic rings. The summed E-state index contributed by atoms with van der Waals surface area (Å²) in [5.41, 5.74) is 1.42. The Morgan fingerprint density at radius 2 is 2.10 bits per heavy atom. The maximum atomic E-state index is 13.7. The summed E-state index contributed by atoms with van der Waals surface area (Å²) in [6, 6.07) is 5.20. The van der Waals surface area contributed by atoms with Crippen molar-refractivity contribution in [1.82, 2.24) is 0 Å². The van der Waals surface area contributed by atoms with Crippen LogP contribution < -0.4 is 4.90 Å². The van der Waals surface area contributed by atoms with Crippen LogP contribution in [0.15, 0.2) is 24.3 Å². The van der Waals surface area contributed by atoms with E-state index in [-0.39, 0.29) is 5.82 Å². The number of nitrogens with zero attached hydrogens (tertiary/aromatic N) is 1. The largest absolute Gasteiger partial charge is 0.478 e. The van der Waals surface area contributed by atoms with Gasteiger partial charge < -0.3 is 10.0 Å². The number of carboxylic acid groups (broad SMARTS) is 1. The lowest BCUT2D eigenvalue weighted by atomic mass is 10.1. The molecule has 1 saturated carbocycles. The number of carbonyl (C=O) groups is 1. The van der Waals surface area contributed by atoms with E-state index in [0.717, 1.165) is 31.1 Å². The second-order valence-electron chi connectivity index (χ2n) is 5.14. The van der Waals surface area contributed by atoms with E-state index >= 15 is 0 Å². The average Bonchev–Trinajstić information content (AvgIpc) is 2.90. The number of halogens is 1. The van der Waals surface area contributed by atoms with Gasteiger partial charge in [0.15, 0.2) is 0 Å². The number of anilines is 1. The third-order valence-electron chi connectivity index (χ3n) is 3.76. The van der Waals surface area contributed by atoms with Crippen LogP contribution in [-0.2, 0) is 4.79 Å². The normalized spacial score (nSPS) is 15.9. The maximum Gasteiger partial charge on any atom is 0.328 e. The molecule has 1 aliphatic carbocycles. The van der Waals surface area contributed by atoms with Gasteiger partial charge in [-0.15, -0.1) is 0 Å². The Balaban J connectivity index is 2.27. The molecule has 0 amide bonds. The summed E-state index contributed by atoms with van der Waals surface area (Å²) >= 11 is 0. The van der Waals surface area contributed by atoms with Crippen molar-refractivity contribution >= 4 is 17.7 Å². The molecule has 0 unspecified atom stereocenters. The Bertz CT molecular complexity index is 507. The Labute approximate surface area is 118 Å². The first kappa shape index (κ1) is 14.6. The van der Waals surface area contributed by atoms with Crippen LogP contribution in [0.3, 0.4) is 0 Å². The minimum absolute atomic E-state index is 0.330.